The monoisotopic (exact) mass is 336 g/mol. The van der Waals surface area contributed by atoms with Gasteiger partial charge in [-0.1, -0.05) is 22.0 Å². The van der Waals surface area contributed by atoms with Gasteiger partial charge in [0.25, 0.3) is 0 Å². The molecule has 2 rings (SSSR count). The summed E-state index contributed by atoms with van der Waals surface area (Å²) in [6.45, 7) is 0.0600. The lowest BCUT2D eigenvalue weighted by molar-refractivity contribution is -0.138. The molecule has 0 aliphatic carbocycles. The first-order valence-corrected chi connectivity index (χ1v) is 6.49. The fourth-order valence-corrected chi connectivity index (χ4v) is 1.85. The number of hydrogen-bond acceptors (Lipinski definition) is 4. The molecule has 0 aliphatic rings. The van der Waals surface area contributed by atoms with Crippen molar-refractivity contribution in [2.75, 3.05) is 0 Å². The van der Waals surface area contributed by atoms with E-state index in [-0.39, 0.29) is 12.4 Å². The number of aromatic nitrogens is 2. The Balaban J connectivity index is 1.91. The van der Waals surface area contributed by atoms with E-state index >= 15 is 0 Å². The van der Waals surface area contributed by atoms with Gasteiger partial charge < -0.3 is 4.74 Å². The highest BCUT2D eigenvalue weighted by atomic mass is 79.9. The van der Waals surface area contributed by atoms with E-state index in [9.17, 15) is 9.18 Å². The quantitative estimate of drug-likeness (QED) is 0.635. The molecular weight excluding hydrogens is 327 g/mol. The van der Waals surface area contributed by atoms with Crippen molar-refractivity contribution in [2.24, 2.45) is 0 Å². The van der Waals surface area contributed by atoms with E-state index in [1.54, 1.807) is 12.3 Å². The number of carbonyl (C=O) groups excluding carboxylic acids is 1. The molecular formula is C14H10BrFN2O2. The normalized spacial score (nSPS) is 10.7. The van der Waals surface area contributed by atoms with Gasteiger partial charge in [0.1, 0.15) is 12.4 Å². The molecule has 0 N–H and O–H groups in total. The number of benzene rings is 1. The average molecular weight is 337 g/mol. The highest BCUT2D eigenvalue weighted by Gasteiger charge is 2.04. The Bertz CT molecular complexity index is 632. The van der Waals surface area contributed by atoms with Crippen molar-refractivity contribution in [3.8, 4) is 0 Å². The molecule has 0 saturated heterocycles. The Morgan fingerprint density at radius 3 is 2.95 bits per heavy atom. The van der Waals surface area contributed by atoms with Gasteiger partial charge in [0.15, 0.2) is 0 Å². The third-order valence-electron chi connectivity index (χ3n) is 2.36. The second-order valence-corrected chi connectivity index (χ2v) is 4.66. The molecule has 0 radical (unpaired) electrons. The molecule has 0 aliphatic heterocycles. The summed E-state index contributed by atoms with van der Waals surface area (Å²) in [7, 11) is 0. The lowest BCUT2D eigenvalue weighted by atomic mass is 10.2. The number of rotatable bonds is 4. The van der Waals surface area contributed by atoms with Gasteiger partial charge in [0.05, 0.1) is 11.9 Å². The van der Waals surface area contributed by atoms with Crippen LogP contribution in [0.2, 0.25) is 0 Å². The zero-order valence-corrected chi connectivity index (χ0v) is 11.9. The summed E-state index contributed by atoms with van der Waals surface area (Å²) in [5, 5.41) is 0. The smallest absolute Gasteiger partial charge is 0.331 e. The molecule has 0 fully saturated rings. The fraction of sp³-hybridized carbons (Fsp3) is 0.0714. The van der Waals surface area contributed by atoms with Crippen LogP contribution in [-0.2, 0) is 16.1 Å². The van der Waals surface area contributed by atoms with Crippen LogP contribution in [0.25, 0.3) is 6.08 Å². The second-order valence-electron chi connectivity index (χ2n) is 3.81. The summed E-state index contributed by atoms with van der Waals surface area (Å²) in [5.74, 6) is -0.860. The van der Waals surface area contributed by atoms with Crippen LogP contribution in [-0.4, -0.2) is 15.9 Å². The molecule has 20 heavy (non-hydrogen) atoms. The summed E-state index contributed by atoms with van der Waals surface area (Å²) in [6.07, 6.45) is 7.37. The third kappa shape index (κ3) is 4.24. The van der Waals surface area contributed by atoms with Gasteiger partial charge in [-0.25, -0.2) is 9.18 Å². The zero-order chi connectivity index (χ0) is 14.4. The molecule has 0 atom stereocenters. The standard InChI is InChI=1S/C14H10BrFN2O2/c15-13-7-11(16)2-1-10(13)9-20-14(19)4-3-12-8-17-5-6-18-12/h1-8H,9H2/b4-3-. The van der Waals surface area contributed by atoms with Gasteiger partial charge in [-0.2, -0.15) is 0 Å². The van der Waals surface area contributed by atoms with Crippen LogP contribution in [0, 0.1) is 5.82 Å². The first-order valence-electron chi connectivity index (χ1n) is 5.70. The van der Waals surface area contributed by atoms with Gasteiger partial charge in [0.2, 0.25) is 0 Å². The number of hydrogen-bond donors (Lipinski definition) is 0. The minimum Gasteiger partial charge on any atom is -0.458 e. The first-order chi connectivity index (χ1) is 9.65. The number of carbonyl (C=O) groups is 1. The first kappa shape index (κ1) is 14.3. The maximum absolute atomic E-state index is 12.9. The predicted octanol–water partition coefficient (Wildman–Crippen LogP) is 3.13. The molecule has 0 bridgehead atoms. The molecule has 1 aromatic heterocycles. The van der Waals surface area contributed by atoms with Gasteiger partial charge in [-0.3, -0.25) is 9.97 Å². The highest BCUT2D eigenvalue weighted by Crippen LogP contribution is 2.18. The minimum atomic E-state index is -0.508. The molecule has 2 aromatic rings. The minimum absolute atomic E-state index is 0.0600. The third-order valence-corrected chi connectivity index (χ3v) is 3.10. The summed E-state index contributed by atoms with van der Waals surface area (Å²) in [6, 6.07) is 4.18. The lowest BCUT2D eigenvalue weighted by Gasteiger charge is -2.04. The molecule has 0 amide bonds. The van der Waals surface area contributed by atoms with Crippen LogP contribution in [0.15, 0.2) is 47.3 Å². The lowest BCUT2D eigenvalue weighted by Crippen LogP contribution is -2.01. The molecule has 1 heterocycles. The molecule has 1 aromatic carbocycles. The van der Waals surface area contributed by atoms with E-state index in [2.05, 4.69) is 25.9 Å². The predicted molar refractivity (Wildman–Crippen MR) is 75.0 cm³/mol. The SMILES string of the molecule is O=C(/C=C\c1cnccn1)OCc1ccc(F)cc1Br. The van der Waals surface area contributed by atoms with Crippen molar-refractivity contribution in [3.63, 3.8) is 0 Å². The molecule has 102 valence electrons. The number of halogens is 2. The van der Waals surface area contributed by atoms with Gasteiger partial charge in [0, 0.05) is 28.5 Å². The van der Waals surface area contributed by atoms with E-state index in [1.165, 1.54) is 36.7 Å². The molecule has 6 heteroatoms. The van der Waals surface area contributed by atoms with Crippen LogP contribution in [0.4, 0.5) is 4.39 Å². The van der Waals surface area contributed by atoms with Crippen molar-refractivity contribution < 1.29 is 13.9 Å². The summed E-state index contributed by atoms with van der Waals surface area (Å²) in [5.41, 5.74) is 1.25. The van der Waals surface area contributed by atoms with Crippen molar-refractivity contribution >= 4 is 28.0 Å². The maximum atomic E-state index is 12.9. The average Bonchev–Trinajstić information content (AvgIpc) is 2.45. The van der Waals surface area contributed by atoms with E-state index in [0.717, 1.165) is 0 Å². The van der Waals surface area contributed by atoms with Crippen molar-refractivity contribution in [1.82, 2.24) is 9.97 Å². The van der Waals surface area contributed by atoms with Crippen molar-refractivity contribution in [2.45, 2.75) is 6.61 Å². The Morgan fingerprint density at radius 2 is 2.25 bits per heavy atom. The number of esters is 1. The van der Waals surface area contributed by atoms with Gasteiger partial charge >= 0.3 is 5.97 Å². The number of nitrogens with zero attached hydrogens (tertiary/aromatic N) is 2. The van der Waals surface area contributed by atoms with Gasteiger partial charge in [-0.05, 0) is 18.2 Å². The van der Waals surface area contributed by atoms with Crippen LogP contribution in [0.1, 0.15) is 11.3 Å². The molecule has 0 unspecified atom stereocenters. The van der Waals surface area contributed by atoms with Crippen molar-refractivity contribution in [3.05, 3.63) is 64.4 Å². The number of ether oxygens (including phenoxy) is 1. The summed E-state index contributed by atoms with van der Waals surface area (Å²) in [4.78, 5) is 19.4. The Morgan fingerprint density at radius 1 is 1.40 bits per heavy atom. The van der Waals surface area contributed by atoms with E-state index < -0.39 is 5.97 Å². The van der Waals surface area contributed by atoms with E-state index in [4.69, 9.17) is 4.74 Å². The Kier molecular flexibility index (Phi) is 4.95. The largest absolute Gasteiger partial charge is 0.458 e. The maximum Gasteiger partial charge on any atom is 0.331 e. The van der Waals surface area contributed by atoms with Crippen LogP contribution < -0.4 is 0 Å². The zero-order valence-electron chi connectivity index (χ0n) is 10.3. The molecule has 4 nitrogen and oxygen atoms in total. The summed E-state index contributed by atoms with van der Waals surface area (Å²) >= 11 is 3.21. The Hall–Kier alpha value is -2.08. The van der Waals surface area contributed by atoms with E-state index in [0.29, 0.717) is 15.7 Å². The van der Waals surface area contributed by atoms with Crippen LogP contribution in [0.5, 0.6) is 0 Å². The van der Waals surface area contributed by atoms with Crippen molar-refractivity contribution in [1.29, 1.82) is 0 Å². The van der Waals surface area contributed by atoms with Gasteiger partial charge in [-0.15, -0.1) is 0 Å². The highest BCUT2D eigenvalue weighted by molar-refractivity contribution is 9.10. The topological polar surface area (TPSA) is 52.1 Å². The second kappa shape index (κ2) is 6.91. The summed E-state index contributed by atoms with van der Waals surface area (Å²) < 4.78 is 18.5. The van der Waals surface area contributed by atoms with Crippen LogP contribution >= 0.6 is 15.9 Å². The fourth-order valence-electron chi connectivity index (χ4n) is 1.39. The van der Waals surface area contributed by atoms with E-state index in [1.807, 2.05) is 0 Å². The Labute approximate surface area is 123 Å². The van der Waals surface area contributed by atoms with Crippen LogP contribution in [0.3, 0.4) is 0 Å². The molecule has 0 saturated carbocycles. The molecule has 0 spiro atoms.